The first kappa shape index (κ1) is 13.3. The Morgan fingerprint density at radius 1 is 1.21 bits per heavy atom. The van der Waals surface area contributed by atoms with Gasteiger partial charge in [0.2, 0.25) is 0 Å². The molecule has 1 aromatic heterocycles. The van der Waals surface area contributed by atoms with E-state index in [4.69, 9.17) is 5.73 Å². The first-order valence-electron chi connectivity index (χ1n) is 6.60. The highest BCUT2D eigenvalue weighted by Crippen LogP contribution is 2.29. The molecule has 2 N–H and O–H groups in total. The Bertz CT molecular complexity index is 566. The van der Waals surface area contributed by atoms with Crippen LogP contribution in [0.1, 0.15) is 25.0 Å². The third-order valence-electron chi connectivity index (χ3n) is 3.19. The highest BCUT2D eigenvalue weighted by Gasteiger charge is 2.15. The third kappa shape index (κ3) is 2.67. The first-order valence-corrected chi connectivity index (χ1v) is 6.60. The van der Waals surface area contributed by atoms with Crippen LogP contribution in [0.3, 0.4) is 0 Å². The second kappa shape index (κ2) is 5.69. The minimum Gasteiger partial charge on any atom is -0.383 e. The molecule has 0 saturated carbocycles. The van der Waals surface area contributed by atoms with E-state index < -0.39 is 0 Å². The predicted molar refractivity (Wildman–Crippen MR) is 79.7 cm³/mol. The molecule has 0 radical (unpaired) electrons. The number of nitrogens with two attached hydrogens (primary N) is 1. The van der Waals surface area contributed by atoms with Gasteiger partial charge in [-0.2, -0.15) is 0 Å². The molecule has 0 fully saturated rings. The van der Waals surface area contributed by atoms with Crippen LogP contribution < -0.4 is 10.6 Å². The van der Waals surface area contributed by atoms with Crippen molar-refractivity contribution >= 4 is 17.3 Å². The van der Waals surface area contributed by atoms with Crippen LogP contribution in [0.25, 0.3) is 0 Å². The summed E-state index contributed by atoms with van der Waals surface area (Å²) in [7, 11) is 0. The summed E-state index contributed by atoms with van der Waals surface area (Å²) >= 11 is 0. The summed E-state index contributed by atoms with van der Waals surface area (Å²) in [5.74, 6) is 1.47. The molecular weight excluding hydrogens is 236 g/mol. The van der Waals surface area contributed by atoms with E-state index in [0.717, 1.165) is 30.0 Å². The Labute approximate surface area is 114 Å². The maximum atomic E-state index is 5.95. The van der Waals surface area contributed by atoms with Crippen molar-refractivity contribution in [2.24, 2.45) is 0 Å². The largest absolute Gasteiger partial charge is 0.383 e. The number of hydrogen-bond acceptors (Lipinski definition) is 4. The summed E-state index contributed by atoms with van der Waals surface area (Å²) in [5, 5.41) is 0. The molecule has 0 aliphatic rings. The molecule has 100 valence electrons. The zero-order chi connectivity index (χ0) is 13.8. The molecule has 0 atom stereocenters. The van der Waals surface area contributed by atoms with E-state index in [1.165, 1.54) is 11.9 Å². The van der Waals surface area contributed by atoms with Gasteiger partial charge in [-0.25, -0.2) is 9.97 Å². The Morgan fingerprint density at radius 3 is 2.63 bits per heavy atom. The molecule has 0 saturated heterocycles. The highest BCUT2D eigenvalue weighted by atomic mass is 15.2. The fraction of sp³-hybridized carbons (Fsp3) is 0.333. The lowest BCUT2D eigenvalue weighted by Gasteiger charge is -2.25. The fourth-order valence-electron chi connectivity index (χ4n) is 2.24. The average Bonchev–Trinajstić information content (AvgIpc) is 2.40. The first-order chi connectivity index (χ1) is 9.17. The SMILES string of the molecule is CCc1c(N)ncnc1N(CC)c1cccc(C)c1. The van der Waals surface area contributed by atoms with Crippen molar-refractivity contribution in [1.82, 2.24) is 9.97 Å². The predicted octanol–water partition coefficient (Wildman–Crippen LogP) is 3.09. The molecule has 2 aromatic rings. The summed E-state index contributed by atoms with van der Waals surface area (Å²) in [6.07, 6.45) is 2.35. The number of nitrogens with zero attached hydrogens (tertiary/aromatic N) is 3. The van der Waals surface area contributed by atoms with Crippen LogP contribution in [-0.2, 0) is 6.42 Å². The Kier molecular flexibility index (Phi) is 4.00. The number of hydrogen-bond donors (Lipinski definition) is 1. The maximum absolute atomic E-state index is 5.95. The van der Waals surface area contributed by atoms with Gasteiger partial charge in [0.1, 0.15) is 18.0 Å². The molecule has 0 unspecified atom stereocenters. The summed E-state index contributed by atoms with van der Waals surface area (Å²) in [6, 6.07) is 8.39. The van der Waals surface area contributed by atoms with Gasteiger partial charge < -0.3 is 10.6 Å². The molecule has 0 aliphatic carbocycles. The van der Waals surface area contributed by atoms with Crippen LogP contribution in [0.5, 0.6) is 0 Å². The zero-order valence-electron chi connectivity index (χ0n) is 11.7. The van der Waals surface area contributed by atoms with Crippen molar-refractivity contribution in [2.75, 3.05) is 17.2 Å². The summed E-state index contributed by atoms with van der Waals surface area (Å²) in [4.78, 5) is 10.7. The molecule has 0 spiro atoms. The monoisotopic (exact) mass is 256 g/mol. The van der Waals surface area contributed by atoms with Gasteiger partial charge in [0.15, 0.2) is 0 Å². The van der Waals surface area contributed by atoms with E-state index in [9.17, 15) is 0 Å². The quantitative estimate of drug-likeness (QED) is 0.913. The number of aromatic nitrogens is 2. The number of rotatable bonds is 4. The summed E-state index contributed by atoms with van der Waals surface area (Å²) < 4.78 is 0. The van der Waals surface area contributed by atoms with E-state index >= 15 is 0 Å². The molecule has 1 aromatic carbocycles. The smallest absolute Gasteiger partial charge is 0.141 e. The van der Waals surface area contributed by atoms with Crippen LogP contribution in [-0.4, -0.2) is 16.5 Å². The van der Waals surface area contributed by atoms with E-state index in [0.29, 0.717) is 5.82 Å². The van der Waals surface area contributed by atoms with Gasteiger partial charge in [-0.05, 0) is 38.0 Å². The average molecular weight is 256 g/mol. The lowest BCUT2D eigenvalue weighted by Crippen LogP contribution is -2.20. The second-order valence-corrected chi connectivity index (χ2v) is 4.50. The lowest BCUT2D eigenvalue weighted by molar-refractivity contribution is 0.943. The van der Waals surface area contributed by atoms with Crippen molar-refractivity contribution in [1.29, 1.82) is 0 Å². The van der Waals surface area contributed by atoms with Crippen LogP contribution in [0, 0.1) is 6.92 Å². The van der Waals surface area contributed by atoms with E-state index in [-0.39, 0.29) is 0 Å². The fourth-order valence-corrected chi connectivity index (χ4v) is 2.24. The highest BCUT2D eigenvalue weighted by molar-refractivity contribution is 5.66. The van der Waals surface area contributed by atoms with Crippen molar-refractivity contribution in [3.63, 3.8) is 0 Å². The van der Waals surface area contributed by atoms with Gasteiger partial charge in [-0.1, -0.05) is 19.1 Å². The molecule has 2 rings (SSSR count). The number of aryl methyl sites for hydroxylation is 1. The van der Waals surface area contributed by atoms with Crippen molar-refractivity contribution < 1.29 is 0 Å². The molecule has 4 heteroatoms. The standard InChI is InChI=1S/C15H20N4/c1-4-13-14(16)17-10-18-15(13)19(5-2)12-8-6-7-11(3)9-12/h6-10H,4-5H2,1-3H3,(H2,16,17,18). The van der Waals surface area contributed by atoms with Gasteiger partial charge in [-0.15, -0.1) is 0 Å². The molecule has 19 heavy (non-hydrogen) atoms. The number of benzene rings is 1. The Morgan fingerprint density at radius 2 is 2.00 bits per heavy atom. The van der Waals surface area contributed by atoms with Crippen LogP contribution in [0.2, 0.25) is 0 Å². The van der Waals surface area contributed by atoms with Crippen molar-refractivity contribution in [3.8, 4) is 0 Å². The van der Waals surface area contributed by atoms with Crippen molar-refractivity contribution in [2.45, 2.75) is 27.2 Å². The minimum absolute atomic E-state index is 0.568. The normalized spacial score (nSPS) is 10.5. The van der Waals surface area contributed by atoms with Gasteiger partial charge >= 0.3 is 0 Å². The number of anilines is 3. The molecule has 1 heterocycles. The van der Waals surface area contributed by atoms with E-state index in [2.05, 4.69) is 59.9 Å². The minimum atomic E-state index is 0.568. The number of nitrogen functional groups attached to an aromatic ring is 1. The van der Waals surface area contributed by atoms with Gasteiger partial charge in [0.05, 0.1) is 0 Å². The molecular formula is C15H20N4. The maximum Gasteiger partial charge on any atom is 0.141 e. The lowest BCUT2D eigenvalue weighted by atomic mass is 10.1. The second-order valence-electron chi connectivity index (χ2n) is 4.50. The Hall–Kier alpha value is -2.10. The van der Waals surface area contributed by atoms with Crippen molar-refractivity contribution in [3.05, 3.63) is 41.7 Å². The van der Waals surface area contributed by atoms with Crippen LogP contribution in [0.4, 0.5) is 17.3 Å². The molecule has 0 bridgehead atoms. The molecule has 0 aliphatic heterocycles. The van der Waals surface area contributed by atoms with E-state index in [1.807, 2.05) is 0 Å². The topological polar surface area (TPSA) is 55.0 Å². The third-order valence-corrected chi connectivity index (χ3v) is 3.19. The van der Waals surface area contributed by atoms with Gasteiger partial charge in [-0.3, -0.25) is 0 Å². The molecule has 0 amide bonds. The van der Waals surface area contributed by atoms with Crippen LogP contribution >= 0.6 is 0 Å². The summed E-state index contributed by atoms with van der Waals surface area (Å²) in [6.45, 7) is 7.11. The molecule has 4 nitrogen and oxygen atoms in total. The van der Waals surface area contributed by atoms with E-state index in [1.54, 1.807) is 0 Å². The Balaban J connectivity index is 2.51. The summed E-state index contributed by atoms with van der Waals surface area (Å²) in [5.41, 5.74) is 9.33. The zero-order valence-corrected chi connectivity index (χ0v) is 11.7. The van der Waals surface area contributed by atoms with Gasteiger partial charge in [0, 0.05) is 17.8 Å². The van der Waals surface area contributed by atoms with Crippen LogP contribution in [0.15, 0.2) is 30.6 Å². The van der Waals surface area contributed by atoms with Gasteiger partial charge in [0.25, 0.3) is 0 Å².